The Hall–Kier alpha value is -1.91. The number of aryl methyl sites for hydroxylation is 1. The van der Waals surface area contributed by atoms with Crippen molar-refractivity contribution in [3.8, 4) is 0 Å². The van der Waals surface area contributed by atoms with Crippen LogP contribution in [-0.2, 0) is 16.0 Å². The van der Waals surface area contributed by atoms with E-state index in [1.807, 2.05) is 6.08 Å². The molecule has 0 radical (unpaired) electrons. The smallest absolute Gasteiger partial charge is 0.303 e. The van der Waals surface area contributed by atoms with Gasteiger partial charge in [0.05, 0.1) is 18.3 Å². The SMILES string of the molecule is Cc1ccc(CC(O)C=C[C@H]2[C@@H](CC=CCCCC(=O)O)[C@H]3CC[C@@H]2O3)cc1. The van der Waals surface area contributed by atoms with Gasteiger partial charge in [0, 0.05) is 18.8 Å². The second-order valence-corrected chi connectivity index (χ2v) is 8.17. The van der Waals surface area contributed by atoms with Gasteiger partial charge in [-0.05, 0) is 50.5 Å². The number of aliphatic carboxylic acids is 1. The van der Waals surface area contributed by atoms with Crippen molar-refractivity contribution in [3.05, 3.63) is 59.7 Å². The maximum atomic E-state index is 10.6. The van der Waals surface area contributed by atoms with Crippen LogP contribution in [0, 0.1) is 18.8 Å². The quantitative estimate of drug-likeness (QED) is 0.462. The number of ether oxygens (including phenoxy) is 1. The molecule has 152 valence electrons. The Balaban J connectivity index is 1.50. The molecule has 1 unspecified atom stereocenters. The van der Waals surface area contributed by atoms with Gasteiger partial charge in [0.2, 0.25) is 0 Å². The van der Waals surface area contributed by atoms with Gasteiger partial charge in [0.15, 0.2) is 0 Å². The summed E-state index contributed by atoms with van der Waals surface area (Å²) in [6, 6.07) is 8.30. The Morgan fingerprint density at radius 2 is 1.96 bits per heavy atom. The topological polar surface area (TPSA) is 66.8 Å². The van der Waals surface area contributed by atoms with Crippen LogP contribution in [0.4, 0.5) is 0 Å². The molecule has 2 bridgehead atoms. The zero-order valence-corrected chi connectivity index (χ0v) is 16.7. The second-order valence-electron chi connectivity index (χ2n) is 8.17. The molecule has 2 N–H and O–H groups in total. The normalized spacial score (nSPS) is 27.8. The van der Waals surface area contributed by atoms with Gasteiger partial charge in [-0.1, -0.05) is 54.1 Å². The van der Waals surface area contributed by atoms with Gasteiger partial charge in [0.1, 0.15) is 0 Å². The molecule has 3 rings (SSSR count). The maximum absolute atomic E-state index is 10.6. The average molecular weight is 385 g/mol. The lowest BCUT2D eigenvalue weighted by atomic mass is 9.77. The van der Waals surface area contributed by atoms with Crippen LogP contribution >= 0.6 is 0 Å². The first kappa shape index (κ1) is 20.8. The number of hydrogen-bond donors (Lipinski definition) is 2. The number of aliphatic hydroxyl groups excluding tert-OH is 1. The van der Waals surface area contributed by atoms with E-state index in [-0.39, 0.29) is 12.5 Å². The van der Waals surface area contributed by atoms with E-state index in [1.165, 1.54) is 5.56 Å². The maximum Gasteiger partial charge on any atom is 0.303 e. The van der Waals surface area contributed by atoms with E-state index < -0.39 is 12.1 Å². The number of unbranched alkanes of at least 4 members (excludes halogenated alkanes) is 1. The minimum Gasteiger partial charge on any atom is -0.481 e. The Morgan fingerprint density at radius 1 is 1.21 bits per heavy atom. The van der Waals surface area contributed by atoms with Crippen molar-refractivity contribution in [2.75, 3.05) is 0 Å². The molecular formula is C24H32O4. The van der Waals surface area contributed by atoms with E-state index in [0.717, 1.165) is 31.2 Å². The van der Waals surface area contributed by atoms with Crippen LogP contribution in [0.5, 0.6) is 0 Å². The summed E-state index contributed by atoms with van der Waals surface area (Å²) in [4.78, 5) is 10.6. The number of carbonyl (C=O) groups is 1. The van der Waals surface area contributed by atoms with E-state index in [9.17, 15) is 9.90 Å². The fraction of sp³-hybridized carbons (Fsp3) is 0.542. The zero-order valence-electron chi connectivity index (χ0n) is 16.7. The number of carboxylic acid groups (broad SMARTS) is 1. The minimum atomic E-state index is -0.732. The van der Waals surface area contributed by atoms with E-state index >= 15 is 0 Å². The summed E-state index contributed by atoms with van der Waals surface area (Å²) in [7, 11) is 0. The molecule has 5 atom stereocenters. The molecule has 4 nitrogen and oxygen atoms in total. The highest BCUT2D eigenvalue weighted by atomic mass is 16.5. The Bertz CT molecular complexity index is 691. The lowest BCUT2D eigenvalue weighted by Gasteiger charge is -2.25. The molecule has 0 spiro atoms. The molecule has 1 aromatic carbocycles. The van der Waals surface area contributed by atoms with Crippen molar-refractivity contribution in [1.29, 1.82) is 0 Å². The van der Waals surface area contributed by atoms with E-state index in [1.54, 1.807) is 0 Å². The predicted molar refractivity (Wildman–Crippen MR) is 110 cm³/mol. The Labute approximate surface area is 167 Å². The van der Waals surface area contributed by atoms with Gasteiger partial charge in [-0.25, -0.2) is 0 Å². The lowest BCUT2D eigenvalue weighted by molar-refractivity contribution is -0.137. The number of allylic oxidation sites excluding steroid dienone is 2. The van der Waals surface area contributed by atoms with Crippen molar-refractivity contribution in [2.24, 2.45) is 11.8 Å². The highest BCUT2D eigenvalue weighted by Crippen LogP contribution is 2.45. The van der Waals surface area contributed by atoms with Crippen LogP contribution in [-0.4, -0.2) is 34.5 Å². The van der Waals surface area contributed by atoms with Gasteiger partial charge in [-0.15, -0.1) is 0 Å². The molecule has 2 aliphatic heterocycles. The number of rotatable bonds is 10. The number of benzene rings is 1. The predicted octanol–water partition coefficient (Wildman–Crippen LogP) is 4.45. The number of aliphatic hydroxyl groups is 1. The molecule has 0 amide bonds. The summed E-state index contributed by atoms with van der Waals surface area (Å²) in [5, 5.41) is 19.1. The molecule has 1 aromatic rings. The molecule has 2 heterocycles. The monoisotopic (exact) mass is 384 g/mol. The van der Waals surface area contributed by atoms with Crippen LogP contribution in [0.25, 0.3) is 0 Å². The molecule has 2 saturated heterocycles. The summed E-state index contributed by atoms with van der Waals surface area (Å²) in [6.07, 6.45) is 14.1. The van der Waals surface area contributed by atoms with Crippen LogP contribution in [0.2, 0.25) is 0 Å². The van der Waals surface area contributed by atoms with Gasteiger partial charge in [-0.3, -0.25) is 4.79 Å². The summed E-state index contributed by atoms with van der Waals surface area (Å²) >= 11 is 0. The molecule has 0 aromatic heterocycles. The zero-order chi connectivity index (χ0) is 19.9. The second kappa shape index (κ2) is 10.0. The van der Waals surface area contributed by atoms with Crippen molar-refractivity contribution >= 4 is 5.97 Å². The van der Waals surface area contributed by atoms with Gasteiger partial charge >= 0.3 is 5.97 Å². The molecular weight excluding hydrogens is 352 g/mol. The van der Waals surface area contributed by atoms with Crippen molar-refractivity contribution < 1.29 is 19.7 Å². The van der Waals surface area contributed by atoms with Gasteiger partial charge in [-0.2, -0.15) is 0 Å². The van der Waals surface area contributed by atoms with E-state index in [0.29, 0.717) is 30.8 Å². The van der Waals surface area contributed by atoms with Gasteiger partial charge < -0.3 is 14.9 Å². The van der Waals surface area contributed by atoms with E-state index in [4.69, 9.17) is 9.84 Å². The standard InChI is InChI=1S/C24H32O4/c1-17-8-10-18(11-9-17)16-19(25)12-13-21-20(22-14-15-23(21)28-22)6-4-2-3-5-7-24(26)27/h2,4,8-13,19-23,25H,3,5-7,14-16H2,1H3,(H,26,27)/t19?,20-,21+,22-,23+/m1/s1. The summed E-state index contributed by atoms with van der Waals surface area (Å²) in [6.45, 7) is 2.07. The third-order valence-electron chi connectivity index (χ3n) is 5.94. The molecule has 4 heteroatoms. The number of hydrogen-bond acceptors (Lipinski definition) is 3. The van der Waals surface area contributed by atoms with Crippen molar-refractivity contribution in [1.82, 2.24) is 0 Å². The first-order chi connectivity index (χ1) is 13.5. The van der Waals surface area contributed by atoms with Crippen LogP contribution < -0.4 is 0 Å². The molecule has 2 fully saturated rings. The third kappa shape index (κ3) is 5.79. The summed E-state index contributed by atoms with van der Waals surface area (Å²) in [5.41, 5.74) is 2.37. The molecule has 0 aliphatic carbocycles. The first-order valence-corrected chi connectivity index (χ1v) is 10.5. The van der Waals surface area contributed by atoms with Crippen LogP contribution in [0.15, 0.2) is 48.6 Å². The summed E-state index contributed by atoms with van der Waals surface area (Å²) < 4.78 is 6.13. The summed E-state index contributed by atoms with van der Waals surface area (Å²) in [5.74, 6) is 0.0803. The number of fused-ring (bicyclic) bond motifs is 2. The van der Waals surface area contributed by atoms with Crippen LogP contribution in [0.3, 0.4) is 0 Å². The molecule has 0 saturated carbocycles. The lowest BCUT2D eigenvalue weighted by Crippen LogP contribution is -2.25. The highest BCUT2D eigenvalue weighted by Gasteiger charge is 2.46. The Morgan fingerprint density at radius 3 is 2.71 bits per heavy atom. The number of carboxylic acids is 1. The Kier molecular flexibility index (Phi) is 7.46. The van der Waals surface area contributed by atoms with E-state index in [2.05, 4.69) is 49.4 Å². The van der Waals surface area contributed by atoms with Crippen molar-refractivity contribution in [3.63, 3.8) is 0 Å². The minimum absolute atomic E-state index is 0.228. The highest BCUT2D eigenvalue weighted by molar-refractivity contribution is 5.66. The fourth-order valence-electron chi connectivity index (χ4n) is 4.42. The first-order valence-electron chi connectivity index (χ1n) is 10.5. The third-order valence-corrected chi connectivity index (χ3v) is 5.94. The van der Waals surface area contributed by atoms with Crippen LogP contribution in [0.1, 0.15) is 49.7 Å². The van der Waals surface area contributed by atoms with Crippen molar-refractivity contribution in [2.45, 2.75) is 70.2 Å². The largest absolute Gasteiger partial charge is 0.481 e. The fourth-order valence-corrected chi connectivity index (χ4v) is 4.42. The van der Waals surface area contributed by atoms with Gasteiger partial charge in [0.25, 0.3) is 0 Å². The average Bonchev–Trinajstić information content (AvgIpc) is 3.26. The molecule has 2 aliphatic rings. The molecule has 28 heavy (non-hydrogen) atoms.